The number of likely N-dealkylation sites (tertiary alicyclic amines) is 1. The summed E-state index contributed by atoms with van der Waals surface area (Å²) in [7, 11) is 0. The van der Waals surface area contributed by atoms with Crippen molar-refractivity contribution in [3.05, 3.63) is 33.3 Å². The second-order valence-electron chi connectivity index (χ2n) is 3.98. The third-order valence-electron chi connectivity index (χ3n) is 2.80. The van der Waals surface area contributed by atoms with Crippen molar-refractivity contribution in [2.24, 2.45) is 0 Å². The summed E-state index contributed by atoms with van der Waals surface area (Å²) in [6.45, 7) is 1.72. The fourth-order valence-corrected chi connectivity index (χ4v) is 2.52. The van der Waals surface area contributed by atoms with Crippen molar-refractivity contribution in [2.75, 3.05) is 13.1 Å². The highest BCUT2D eigenvalue weighted by Gasteiger charge is 2.20. The van der Waals surface area contributed by atoms with Crippen molar-refractivity contribution in [1.82, 2.24) is 4.90 Å². The molecule has 1 aromatic rings. The van der Waals surface area contributed by atoms with E-state index in [9.17, 15) is 4.79 Å². The van der Waals surface area contributed by atoms with Gasteiger partial charge in [0.15, 0.2) is 0 Å². The highest BCUT2D eigenvalue weighted by molar-refractivity contribution is 9.10. The molecule has 0 aromatic heterocycles. The van der Waals surface area contributed by atoms with Crippen LogP contribution in [0.2, 0.25) is 5.02 Å². The standard InChI is InChI=1S/C12H13BrClNO/c13-11-5-4-9(14)8-10(11)12(16)15-6-2-1-3-7-15/h4-5,8H,1-3,6-7H2. The highest BCUT2D eigenvalue weighted by atomic mass is 79.9. The SMILES string of the molecule is O=C(c1cc(Cl)ccc1Br)N1CCCCC1. The third kappa shape index (κ3) is 2.58. The number of amides is 1. The summed E-state index contributed by atoms with van der Waals surface area (Å²) < 4.78 is 0.812. The van der Waals surface area contributed by atoms with Crippen LogP contribution in [-0.2, 0) is 0 Å². The quantitative estimate of drug-likeness (QED) is 0.774. The van der Waals surface area contributed by atoms with Gasteiger partial charge in [-0.1, -0.05) is 11.6 Å². The Kier molecular flexibility index (Phi) is 3.87. The van der Waals surface area contributed by atoms with Gasteiger partial charge >= 0.3 is 0 Å². The molecule has 1 heterocycles. The van der Waals surface area contributed by atoms with Gasteiger partial charge in [0.2, 0.25) is 0 Å². The zero-order valence-corrected chi connectivity index (χ0v) is 11.2. The summed E-state index contributed by atoms with van der Waals surface area (Å²) in [5.74, 6) is 0.0778. The zero-order valence-electron chi connectivity index (χ0n) is 8.88. The lowest BCUT2D eigenvalue weighted by Crippen LogP contribution is -2.35. The van der Waals surface area contributed by atoms with E-state index in [-0.39, 0.29) is 5.91 Å². The van der Waals surface area contributed by atoms with Crippen LogP contribution in [0.25, 0.3) is 0 Å². The zero-order chi connectivity index (χ0) is 11.5. The second kappa shape index (κ2) is 5.19. The molecule has 1 aliphatic rings. The van der Waals surface area contributed by atoms with Gasteiger partial charge in [0, 0.05) is 22.6 Å². The summed E-state index contributed by atoms with van der Waals surface area (Å²) in [4.78, 5) is 14.1. The van der Waals surface area contributed by atoms with Gasteiger partial charge in [-0.3, -0.25) is 4.79 Å². The molecule has 0 N–H and O–H groups in total. The van der Waals surface area contributed by atoms with Crippen LogP contribution >= 0.6 is 27.5 Å². The molecule has 1 aromatic carbocycles. The van der Waals surface area contributed by atoms with Gasteiger partial charge in [-0.15, -0.1) is 0 Å². The molecule has 0 aliphatic carbocycles. The van der Waals surface area contributed by atoms with Gasteiger partial charge in [0.1, 0.15) is 0 Å². The first-order chi connectivity index (χ1) is 7.68. The molecule has 4 heteroatoms. The Balaban J connectivity index is 2.22. The smallest absolute Gasteiger partial charge is 0.255 e. The molecule has 0 saturated carbocycles. The van der Waals surface area contributed by atoms with Gasteiger partial charge in [0.05, 0.1) is 5.56 Å². The number of nitrogens with zero attached hydrogens (tertiary/aromatic N) is 1. The number of carbonyl (C=O) groups excluding carboxylic acids is 1. The Morgan fingerprint density at radius 1 is 1.25 bits per heavy atom. The van der Waals surface area contributed by atoms with E-state index in [0.717, 1.165) is 30.4 Å². The van der Waals surface area contributed by atoms with Crippen LogP contribution in [0.15, 0.2) is 22.7 Å². The molecule has 0 unspecified atom stereocenters. The number of piperidine rings is 1. The lowest BCUT2D eigenvalue weighted by atomic mass is 10.1. The molecule has 1 fully saturated rings. The topological polar surface area (TPSA) is 20.3 Å². The molecular weight excluding hydrogens is 289 g/mol. The van der Waals surface area contributed by atoms with Crippen LogP contribution in [0.3, 0.4) is 0 Å². The average molecular weight is 303 g/mol. The second-order valence-corrected chi connectivity index (χ2v) is 5.27. The van der Waals surface area contributed by atoms with E-state index in [1.165, 1.54) is 6.42 Å². The Bertz CT molecular complexity index is 402. The van der Waals surface area contributed by atoms with E-state index in [0.29, 0.717) is 10.6 Å². The monoisotopic (exact) mass is 301 g/mol. The van der Waals surface area contributed by atoms with Crippen molar-refractivity contribution >= 4 is 33.4 Å². The number of halogens is 2. The van der Waals surface area contributed by atoms with Crippen LogP contribution in [0.1, 0.15) is 29.6 Å². The predicted molar refractivity (Wildman–Crippen MR) is 68.9 cm³/mol. The molecule has 2 rings (SSSR count). The Labute approximate surface area is 109 Å². The van der Waals surface area contributed by atoms with Gasteiger partial charge < -0.3 is 4.90 Å². The molecule has 0 bridgehead atoms. The average Bonchev–Trinajstić information content (AvgIpc) is 2.32. The number of benzene rings is 1. The van der Waals surface area contributed by atoms with E-state index in [1.54, 1.807) is 12.1 Å². The fraction of sp³-hybridized carbons (Fsp3) is 0.417. The Hall–Kier alpha value is -0.540. The molecule has 0 atom stereocenters. The summed E-state index contributed by atoms with van der Waals surface area (Å²) in [6.07, 6.45) is 3.42. The maximum Gasteiger partial charge on any atom is 0.255 e. The molecule has 0 radical (unpaired) electrons. The van der Waals surface area contributed by atoms with Gasteiger partial charge in [-0.25, -0.2) is 0 Å². The summed E-state index contributed by atoms with van der Waals surface area (Å²) in [5.41, 5.74) is 0.661. The first-order valence-electron chi connectivity index (χ1n) is 5.43. The third-order valence-corrected chi connectivity index (χ3v) is 3.73. The molecule has 16 heavy (non-hydrogen) atoms. The number of hydrogen-bond donors (Lipinski definition) is 0. The van der Waals surface area contributed by atoms with Gasteiger partial charge in [-0.2, -0.15) is 0 Å². The number of carbonyl (C=O) groups is 1. The van der Waals surface area contributed by atoms with Crippen LogP contribution in [0.5, 0.6) is 0 Å². The largest absolute Gasteiger partial charge is 0.339 e. The summed E-state index contributed by atoms with van der Waals surface area (Å²) in [6, 6.07) is 5.32. The minimum atomic E-state index is 0.0778. The predicted octanol–water partition coefficient (Wildman–Crippen LogP) is 3.73. The maximum absolute atomic E-state index is 12.2. The van der Waals surface area contributed by atoms with Gasteiger partial charge in [-0.05, 0) is 53.4 Å². The molecule has 1 aliphatic heterocycles. The maximum atomic E-state index is 12.2. The van der Waals surface area contributed by atoms with Crippen molar-refractivity contribution in [1.29, 1.82) is 0 Å². The van der Waals surface area contributed by atoms with Crippen molar-refractivity contribution < 1.29 is 4.79 Å². The molecule has 2 nitrogen and oxygen atoms in total. The number of hydrogen-bond acceptors (Lipinski definition) is 1. The molecule has 0 spiro atoms. The highest BCUT2D eigenvalue weighted by Crippen LogP contribution is 2.23. The molecule has 1 amide bonds. The van der Waals surface area contributed by atoms with E-state index in [4.69, 9.17) is 11.6 Å². The first kappa shape index (κ1) is 11.9. The van der Waals surface area contributed by atoms with Crippen LogP contribution in [0, 0.1) is 0 Å². The Morgan fingerprint density at radius 2 is 1.94 bits per heavy atom. The van der Waals surface area contributed by atoms with Crippen molar-refractivity contribution in [3.63, 3.8) is 0 Å². The number of rotatable bonds is 1. The molecular formula is C12H13BrClNO. The van der Waals surface area contributed by atoms with Crippen LogP contribution < -0.4 is 0 Å². The van der Waals surface area contributed by atoms with E-state index in [2.05, 4.69) is 15.9 Å². The van der Waals surface area contributed by atoms with Crippen molar-refractivity contribution in [3.8, 4) is 0 Å². The van der Waals surface area contributed by atoms with Gasteiger partial charge in [0.25, 0.3) is 5.91 Å². The lowest BCUT2D eigenvalue weighted by molar-refractivity contribution is 0.0723. The fourth-order valence-electron chi connectivity index (χ4n) is 1.93. The normalized spacial score (nSPS) is 16.2. The summed E-state index contributed by atoms with van der Waals surface area (Å²) in [5, 5.41) is 0.601. The van der Waals surface area contributed by atoms with E-state index >= 15 is 0 Å². The van der Waals surface area contributed by atoms with E-state index < -0.39 is 0 Å². The van der Waals surface area contributed by atoms with Crippen LogP contribution in [-0.4, -0.2) is 23.9 Å². The molecule has 1 saturated heterocycles. The summed E-state index contributed by atoms with van der Waals surface area (Å²) >= 11 is 9.30. The lowest BCUT2D eigenvalue weighted by Gasteiger charge is -2.27. The van der Waals surface area contributed by atoms with Crippen molar-refractivity contribution in [2.45, 2.75) is 19.3 Å². The molecule has 86 valence electrons. The first-order valence-corrected chi connectivity index (χ1v) is 6.60. The minimum absolute atomic E-state index is 0.0778. The van der Waals surface area contributed by atoms with E-state index in [1.807, 2.05) is 11.0 Å². The minimum Gasteiger partial charge on any atom is -0.339 e. The Morgan fingerprint density at radius 3 is 2.62 bits per heavy atom. The van der Waals surface area contributed by atoms with Crippen LogP contribution in [0.4, 0.5) is 0 Å².